The molecule has 1 nitrogen and oxygen atoms in total. The minimum atomic E-state index is -0.0560. The fraction of sp³-hybridized carbons (Fsp3) is 0.500. The van der Waals surface area contributed by atoms with E-state index in [0.717, 1.165) is 25.5 Å². The van der Waals surface area contributed by atoms with Crippen LogP contribution in [-0.4, -0.2) is 6.29 Å². The van der Waals surface area contributed by atoms with Crippen LogP contribution in [0.5, 0.6) is 0 Å². The Balaban J connectivity index is 2.38. The van der Waals surface area contributed by atoms with Gasteiger partial charge in [0.1, 0.15) is 6.29 Å². The minimum Gasteiger partial charge on any atom is -0.302 e. The number of rotatable bonds is 3. The van der Waals surface area contributed by atoms with Crippen LogP contribution in [-0.2, 0) is 16.6 Å². The van der Waals surface area contributed by atoms with E-state index < -0.39 is 0 Å². The molecule has 1 aromatic rings. The van der Waals surface area contributed by atoms with Gasteiger partial charge in [0.15, 0.2) is 0 Å². The van der Waals surface area contributed by atoms with Crippen molar-refractivity contribution in [3.8, 4) is 0 Å². The predicted molar refractivity (Wildman–Crippen MR) is 50.7 cm³/mol. The number of carbonyl (C=O) groups excluding carboxylic acids is 1. The maximum atomic E-state index is 10.9. The maximum Gasteiger partial charge on any atom is 0.131 e. The maximum absolute atomic E-state index is 10.9. The standard InChI is InChI=1S/C10H12OS/c1-2-8-3-6-12-9(8)10(7-11)4-5-10/h3,6-7H,2,4-5H2,1H3. The lowest BCUT2D eigenvalue weighted by atomic mass is 10.0. The van der Waals surface area contributed by atoms with Crippen molar-refractivity contribution in [1.29, 1.82) is 0 Å². The molecule has 2 heteroatoms. The highest BCUT2D eigenvalue weighted by molar-refractivity contribution is 7.10. The van der Waals surface area contributed by atoms with Gasteiger partial charge in [-0.1, -0.05) is 6.92 Å². The first-order valence-corrected chi connectivity index (χ1v) is 5.23. The second-order valence-electron chi connectivity index (χ2n) is 3.40. The minimum absolute atomic E-state index is 0.0560. The lowest BCUT2D eigenvalue weighted by Gasteiger charge is -2.05. The van der Waals surface area contributed by atoms with E-state index in [9.17, 15) is 4.79 Å². The van der Waals surface area contributed by atoms with Gasteiger partial charge in [0.05, 0.1) is 5.41 Å². The molecule has 0 saturated heterocycles. The Morgan fingerprint density at radius 1 is 1.67 bits per heavy atom. The molecule has 0 atom stereocenters. The number of aldehydes is 1. The number of carbonyl (C=O) groups is 1. The molecule has 0 bridgehead atoms. The van der Waals surface area contributed by atoms with Crippen molar-refractivity contribution in [2.24, 2.45) is 0 Å². The highest BCUT2D eigenvalue weighted by Gasteiger charge is 2.46. The molecule has 0 N–H and O–H groups in total. The second kappa shape index (κ2) is 2.70. The first-order valence-electron chi connectivity index (χ1n) is 4.35. The Hall–Kier alpha value is -0.630. The SMILES string of the molecule is CCc1ccsc1C1(C=O)CC1. The Labute approximate surface area is 76.4 Å². The predicted octanol–water partition coefficient (Wildman–Crippen LogP) is 2.54. The van der Waals surface area contributed by atoms with Crippen LogP contribution in [0, 0.1) is 0 Å². The molecule has 12 heavy (non-hydrogen) atoms. The molecule has 1 fully saturated rings. The van der Waals surface area contributed by atoms with Crippen molar-refractivity contribution in [3.05, 3.63) is 21.9 Å². The van der Waals surface area contributed by atoms with Crippen LogP contribution in [0.3, 0.4) is 0 Å². The lowest BCUT2D eigenvalue weighted by molar-refractivity contribution is -0.109. The van der Waals surface area contributed by atoms with Gasteiger partial charge in [-0.05, 0) is 36.3 Å². The highest BCUT2D eigenvalue weighted by atomic mass is 32.1. The van der Waals surface area contributed by atoms with Gasteiger partial charge in [-0.15, -0.1) is 11.3 Å². The van der Waals surface area contributed by atoms with Crippen LogP contribution in [0.25, 0.3) is 0 Å². The molecule has 2 rings (SSSR count). The number of aryl methyl sites for hydroxylation is 1. The Morgan fingerprint density at radius 3 is 2.92 bits per heavy atom. The zero-order valence-corrected chi connectivity index (χ0v) is 7.99. The van der Waals surface area contributed by atoms with E-state index in [1.165, 1.54) is 10.4 Å². The van der Waals surface area contributed by atoms with Crippen molar-refractivity contribution in [1.82, 2.24) is 0 Å². The lowest BCUT2D eigenvalue weighted by Crippen LogP contribution is -2.07. The zero-order chi connectivity index (χ0) is 8.60. The molecule has 0 amide bonds. The molecular formula is C10H12OS. The molecule has 0 radical (unpaired) electrons. The van der Waals surface area contributed by atoms with Gasteiger partial charge in [0, 0.05) is 4.88 Å². The summed E-state index contributed by atoms with van der Waals surface area (Å²) >= 11 is 1.74. The van der Waals surface area contributed by atoms with Gasteiger partial charge >= 0.3 is 0 Å². The normalized spacial score (nSPS) is 19.1. The quantitative estimate of drug-likeness (QED) is 0.653. The third-order valence-corrected chi connectivity index (χ3v) is 3.77. The smallest absolute Gasteiger partial charge is 0.131 e. The number of hydrogen-bond acceptors (Lipinski definition) is 2. The van der Waals surface area contributed by atoms with E-state index in [2.05, 4.69) is 18.4 Å². The van der Waals surface area contributed by atoms with Crippen molar-refractivity contribution >= 4 is 17.6 Å². The van der Waals surface area contributed by atoms with E-state index in [-0.39, 0.29) is 5.41 Å². The van der Waals surface area contributed by atoms with Crippen LogP contribution in [0.2, 0.25) is 0 Å². The van der Waals surface area contributed by atoms with Crippen LogP contribution in [0.1, 0.15) is 30.2 Å². The Kier molecular flexibility index (Phi) is 1.80. The van der Waals surface area contributed by atoms with Crippen molar-refractivity contribution in [3.63, 3.8) is 0 Å². The summed E-state index contributed by atoms with van der Waals surface area (Å²) in [6.45, 7) is 2.15. The zero-order valence-electron chi connectivity index (χ0n) is 7.17. The molecule has 0 aliphatic heterocycles. The summed E-state index contributed by atoms with van der Waals surface area (Å²) in [6, 6.07) is 2.14. The molecule has 1 saturated carbocycles. The summed E-state index contributed by atoms with van der Waals surface area (Å²) in [4.78, 5) is 12.2. The second-order valence-corrected chi connectivity index (χ2v) is 4.32. The van der Waals surface area contributed by atoms with Gasteiger partial charge in [-0.3, -0.25) is 0 Å². The van der Waals surface area contributed by atoms with E-state index >= 15 is 0 Å². The molecule has 64 valence electrons. The van der Waals surface area contributed by atoms with Crippen molar-refractivity contribution in [2.45, 2.75) is 31.6 Å². The number of thiophene rings is 1. The van der Waals surface area contributed by atoms with Gasteiger partial charge in [-0.2, -0.15) is 0 Å². The molecule has 1 aromatic heterocycles. The molecule has 0 unspecified atom stereocenters. The van der Waals surface area contributed by atoms with Crippen LogP contribution in [0.15, 0.2) is 11.4 Å². The molecule has 0 aromatic carbocycles. The Morgan fingerprint density at radius 2 is 2.42 bits per heavy atom. The van der Waals surface area contributed by atoms with E-state index in [0.29, 0.717) is 0 Å². The summed E-state index contributed by atoms with van der Waals surface area (Å²) in [5, 5.41) is 2.09. The van der Waals surface area contributed by atoms with Gasteiger partial charge in [-0.25, -0.2) is 0 Å². The average molecular weight is 180 g/mol. The van der Waals surface area contributed by atoms with Gasteiger partial charge < -0.3 is 4.79 Å². The average Bonchev–Trinajstić information content (AvgIpc) is 2.76. The fourth-order valence-corrected chi connectivity index (χ4v) is 2.80. The molecule has 1 heterocycles. The highest BCUT2D eigenvalue weighted by Crippen LogP contribution is 2.49. The third kappa shape index (κ3) is 1.02. The largest absolute Gasteiger partial charge is 0.302 e. The fourth-order valence-electron chi connectivity index (χ4n) is 1.58. The van der Waals surface area contributed by atoms with Gasteiger partial charge in [0.25, 0.3) is 0 Å². The van der Waals surface area contributed by atoms with Crippen LogP contribution < -0.4 is 0 Å². The summed E-state index contributed by atoms with van der Waals surface area (Å²) in [5.41, 5.74) is 1.31. The molecule has 1 aliphatic rings. The summed E-state index contributed by atoms with van der Waals surface area (Å²) < 4.78 is 0. The van der Waals surface area contributed by atoms with E-state index in [1.807, 2.05) is 0 Å². The third-order valence-electron chi connectivity index (χ3n) is 2.59. The molecular weight excluding hydrogens is 168 g/mol. The molecule has 0 spiro atoms. The van der Waals surface area contributed by atoms with Crippen molar-refractivity contribution < 1.29 is 4.79 Å². The van der Waals surface area contributed by atoms with E-state index in [1.54, 1.807) is 11.3 Å². The summed E-state index contributed by atoms with van der Waals surface area (Å²) in [6.07, 6.45) is 4.31. The monoisotopic (exact) mass is 180 g/mol. The van der Waals surface area contributed by atoms with E-state index in [4.69, 9.17) is 0 Å². The summed E-state index contributed by atoms with van der Waals surface area (Å²) in [5.74, 6) is 0. The first kappa shape index (κ1) is 7.99. The topological polar surface area (TPSA) is 17.1 Å². The van der Waals surface area contributed by atoms with Crippen LogP contribution in [0.4, 0.5) is 0 Å². The van der Waals surface area contributed by atoms with Crippen LogP contribution >= 0.6 is 11.3 Å². The van der Waals surface area contributed by atoms with Crippen molar-refractivity contribution in [2.75, 3.05) is 0 Å². The van der Waals surface area contributed by atoms with Gasteiger partial charge in [0.2, 0.25) is 0 Å². The molecule has 1 aliphatic carbocycles. The number of hydrogen-bond donors (Lipinski definition) is 0. The Bertz CT molecular complexity index is 297. The summed E-state index contributed by atoms with van der Waals surface area (Å²) in [7, 11) is 0. The first-order chi connectivity index (χ1) is 5.82.